The van der Waals surface area contributed by atoms with E-state index >= 15 is 0 Å². The van der Waals surface area contributed by atoms with Crippen molar-refractivity contribution in [2.45, 2.75) is 67.0 Å². The number of aryl methyl sites for hydroxylation is 3. The fourth-order valence-electron chi connectivity index (χ4n) is 3.91. The summed E-state index contributed by atoms with van der Waals surface area (Å²) in [5, 5.41) is 7.38. The summed E-state index contributed by atoms with van der Waals surface area (Å²) >= 11 is 0. The highest BCUT2D eigenvalue weighted by molar-refractivity contribution is 5.92. The van der Waals surface area contributed by atoms with Gasteiger partial charge in [0.1, 0.15) is 5.69 Å². The first-order valence-electron chi connectivity index (χ1n) is 10.6. The molecule has 1 N–H and O–H groups in total. The molecule has 0 unspecified atom stereocenters. The number of carbonyl (C=O) groups is 2. The fourth-order valence-corrected chi connectivity index (χ4v) is 3.91. The van der Waals surface area contributed by atoms with Gasteiger partial charge < -0.3 is 10.2 Å². The van der Waals surface area contributed by atoms with E-state index in [0.717, 1.165) is 35.4 Å². The zero-order valence-corrected chi connectivity index (χ0v) is 19.0. The van der Waals surface area contributed by atoms with Crippen LogP contribution in [0.1, 0.15) is 72.7 Å². The van der Waals surface area contributed by atoms with E-state index in [1.807, 2.05) is 31.0 Å². The Balaban J connectivity index is 1.73. The number of hydrogen-bond acceptors (Lipinski definition) is 4. The van der Waals surface area contributed by atoms with Crippen LogP contribution in [0, 0.1) is 12.3 Å². The predicted molar refractivity (Wildman–Crippen MR) is 116 cm³/mol. The Labute approximate surface area is 178 Å². The highest BCUT2D eigenvalue weighted by atomic mass is 16.2. The number of hydrogen-bond donors (Lipinski definition) is 1. The maximum atomic E-state index is 12.7. The Morgan fingerprint density at radius 3 is 2.63 bits per heavy atom. The molecule has 0 spiro atoms. The van der Waals surface area contributed by atoms with E-state index in [1.54, 1.807) is 11.7 Å². The van der Waals surface area contributed by atoms with Crippen molar-refractivity contribution in [1.29, 1.82) is 0 Å². The van der Waals surface area contributed by atoms with Gasteiger partial charge >= 0.3 is 0 Å². The SMILES string of the molecule is CCc1cc(C(=O)NCc2c(C)ncc3c2CCN(C(=O)CC(C)(C)C)C3)n(C)n1. The van der Waals surface area contributed by atoms with E-state index in [1.165, 1.54) is 5.56 Å². The van der Waals surface area contributed by atoms with E-state index in [4.69, 9.17) is 0 Å². The summed E-state index contributed by atoms with van der Waals surface area (Å²) < 4.78 is 1.62. The van der Waals surface area contributed by atoms with Crippen LogP contribution in [0.2, 0.25) is 0 Å². The molecule has 3 rings (SSSR count). The first-order valence-corrected chi connectivity index (χ1v) is 10.6. The summed E-state index contributed by atoms with van der Waals surface area (Å²) in [6, 6.07) is 1.83. The highest BCUT2D eigenvalue weighted by Crippen LogP contribution is 2.26. The van der Waals surface area contributed by atoms with Gasteiger partial charge in [-0.15, -0.1) is 0 Å². The van der Waals surface area contributed by atoms with Crippen molar-refractivity contribution in [2.24, 2.45) is 12.5 Å². The average Bonchev–Trinajstić information content (AvgIpc) is 3.06. The van der Waals surface area contributed by atoms with Crippen LogP contribution in [0.15, 0.2) is 12.3 Å². The topological polar surface area (TPSA) is 80.1 Å². The molecular weight excluding hydrogens is 378 g/mol. The Morgan fingerprint density at radius 1 is 1.27 bits per heavy atom. The molecule has 0 radical (unpaired) electrons. The van der Waals surface area contributed by atoms with Gasteiger partial charge in [-0.1, -0.05) is 27.7 Å². The summed E-state index contributed by atoms with van der Waals surface area (Å²) in [6.45, 7) is 11.9. The number of fused-ring (bicyclic) bond motifs is 1. The summed E-state index contributed by atoms with van der Waals surface area (Å²) in [4.78, 5) is 31.8. The molecule has 0 saturated heterocycles. The van der Waals surface area contributed by atoms with Gasteiger partial charge in [-0.05, 0) is 47.9 Å². The number of rotatable bonds is 5. The van der Waals surface area contributed by atoms with Crippen molar-refractivity contribution >= 4 is 11.8 Å². The average molecular weight is 412 g/mol. The lowest BCUT2D eigenvalue weighted by Gasteiger charge is -2.32. The Kier molecular flexibility index (Phi) is 6.29. The van der Waals surface area contributed by atoms with Crippen LogP contribution in [0.3, 0.4) is 0 Å². The molecule has 0 aromatic carbocycles. The van der Waals surface area contributed by atoms with Crippen LogP contribution in [0.5, 0.6) is 0 Å². The van der Waals surface area contributed by atoms with Crippen LogP contribution in [-0.4, -0.2) is 38.0 Å². The summed E-state index contributed by atoms with van der Waals surface area (Å²) in [5.41, 5.74) is 5.69. The molecule has 0 bridgehead atoms. The van der Waals surface area contributed by atoms with Crippen LogP contribution in [0.4, 0.5) is 0 Å². The second kappa shape index (κ2) is 8.58. The molecule has 2 aromatic heterocycles. The van der Waals surface area contributed by atoms with Crippen molar-refractivity contribution in [1.82, 2.24) is 25.0 Å². The number of nitrogens with zero attached hydrogens (tertiary/aromatic N) is 4. The van der Waals surface area contributed by atoms with E-state index in [0.29, 0.717) is 31.7 Å². The third-order valence-corrected chi connectivity index (χ3v) is 5.58. The van der Waals surface area contributed by atoms with Crippen molar-refractivity contribution in [3.63, 3.8) is 0 Å². The maximum Gasteiger partial charge on any atom is 0.269 e. The van der Waals surface area contributed by atoms with Crippen LogP contribution in [0.25, 0.3) is 0 Å². The van der Waals surface area contributed by atoms with Crippen molar-refractivity contribution in [3.05, 3.63) is 46.0 Å². The van der Waals surface area contributed by atoms with Gasteiger partial charge in [0.15, 0.2) is 0 Å². The van der Waals surface area contributed by atoms with E-state index in [2.05, 4.69) is 36.2 Å². The Morgan fingerprint density at radius 2 is 2.00 bits per heavy atom. The lowest BCUT2D eigenvalue weighted by atomic mass is 9.90. The second-order valence-corrected chi connectivity index (χ2v) is 9.31. The highest BCUT2D eigenvalue weighted by Gasteiger charge is 2.26. The zero-order chi connectivity index (χ0) is 22.1. The van der Waals surface area contributed by atoms with Crippen molar-refractivity contribution in [2.75, 3.05) is 6.54 Å². The van der Waals surface area contributed by atoms with Gasteiger partial charge in [-0.25, -0.2) is 0 Å². The van der Waals surface area contributed by atoms with Gasteiger partial charge in [-0.2, -0.15) is 5.10 Å². The lowest BCUT2D eigenvalue weighted by molar-refractivity contribution is -0.134. The molecule has 162 valence electrons. The zero-order valence-electron chi connectivity index (χ0n) is 19.0. The molecule has 0 aliphatic carbocycles. The van der Waals surface area contributed by atoms with Gasteiger partial charge in [0.25, 0.3) is 5.91 Å². The molecule has 3 heterocycles. The molecule has 0 atom stereocenters. The van der Waals surface area contributed by atoms with Crippen molar-refractivity contribution < 1.29 is 9.59 Å². The monoisotopic (exact) mass is 411 g/mol. The Hall–Kier alpha value is -2.70. The molecule has 7 heteroatoms. The van der Waals surface area contributed by atoms with E-state index in [-0.39, 0.29) is 17.2 Å². The van der Waals surface area contributed by atoms with Gasteiger partial charge in [-0.3, -0.25) is 19.3 Å². The van der Waals surface area contributed by atoms with Crippen molar-refractivity contribution in [3.8, 4) is 0 Å². The number of aromatic nitrogens is 3. The minimum atomic E-state index is -0.139. The van der Waals surface area contributed by atoms with E-state index in [9.17, 15) is 9.59 Å². The van der Waals surface area contributed by atoms with E-state index < -0.39 is 0 Å². The predicted octanol–water partition coefficient (Wildman–Crippen LogP) is 2.94. The van der Waals surface area contributed by atoms with Crippen LogP contribution >= 0.6 is 0 Å². The standard InChI is InChI=1S/C23H33N5O2/c1-7-17-10-20(27(6)26-17)22(30)25-13-19-15(2)24-12-16-14-28(9-8-18(16)19)21(29)11-23(3,4)5/h10,12H,7-9,11,13-14H2,1-6H3,(H,25,30). The smallest absolute Gasteiger partial charge is 0.269 e. The number of pyridine rings is 1. The molecular formula is C23H33N5O2. The third-order valence-electron chi connectivity index (χ3n) is 5.58. The third kappa shape index (κ3) is 4.89. The molecule has 30 heavy (non-hydrogen) atoms. The summed E-state index contributed by atoms with van der Waals surface area (Å²) in [7, 11) is 1.79. The minimum absolute atomic E-state index is 0.0260. The van der Waals surface area contributed by atoms with Gasteiger partial charge in [0.05, 0.1) is 5.69 Å². The van der Waals surface area contributed by atoms with Gasteiger partial charge in [0, 0.05) is 45.0 Å². The molecule has 0 saturated carbocycles. The number of carbonyl (C=O) groups excluding carboxylic acids is 2. The minimum Gasteiger partial charge on any atom is -0.347 e. The lowest BCUT2D eigenvalue weighted by Crippen LogP contribution is -2.38. The molecule has 2 amide bonds. The largest absolute Gasteiger partial charge is 0.347 e. The Bertz CT molecular complexity index is 955. The molecule has 2 aromatic rings. The van der Waals surface area contributed by atoms with Crippen LogP contribution < -0.4 is 5.32 Å². The molecule has 0 fully saturated rings. The molecule has 7 nitrogen and oxygen atoms in total. The maximum absolute atomic E-state index is 12.7. The normalized spacial score (nSPS) is 13.9. The number of nitrogens with one attached hydrogen (secondary N) is 1. The summed E-state index contributed by atoms with van der Waals surface area (Å²) in [5.74, 6) is 0.0472. The first kappa shape index (κ1) is 22.0. The summed E-state index contributed by atoms with van der Waals surface area (Å²) in [6.07, 6.45) is 3.99. The number of amides is 2. The fraction of sp³-hybridized carbons (Fsp3) is 0.565. The quantitative estimate of drug-likeness (QED) is 0.820. The first-order chi connectivity index (χ1) is 14.1. The van der Waals surface area contributed by atoms with Gasteiger partial charge in [0.2, 0.25) is 5.91 Å². The molecule has 1 aliphatic heterocycles. The molecule has 1 aliphatic rings. The second-order valence-electron chi connectivity index (χ2n) is 9.31. The van der Waals surface area contributed by atoms with Crippen LogP contribution in [-0.2, 0) is 37.8 Å².